The Kier molecular flexibility index (Phi) is 16.2. The molecule has 4 nitrogen and oxygen atoms in total. The van der Waals surface area contributed by atoms with Crippen LogP contribution in [0.25, 0.3) is 133 Å². The van der Waals surface area contributed by atoms with Crippen molar-refractivity contribution in [3.63, 3.8) is 0 Å². The number of rotatable bonds is 7. The quantitative estimate of drug-likeness (QED) is 0.148. The van der Waals surface area contributed by atoms with Gasteiger partial charge in [0.1, 0.15) is 0 Å². The lowest BCUT2D eigenvalue weighted by Crippen LogP contribution is -2.61. The summed E-state index contributed by atoms with van der Waals surface area (Å²) >= 11 is 0. The number of aromatic nitrogens is 2. The molecule has 0 N–H and O–H groups in total. The average molecular weight is 1680 g/mol. The molecule has 626 valence electrons. The van der Waals surface area contributed by atoms with E-state index in [-0.39, 0.29) is 28.4 Å². The summed E-state index contributed by atoms with van der Waals surface area (Å²) in [6.45, 7) is 27.9. The Hall–Kier alpha value is -14.8. The van der Waals surface area contributed by atoms with Crippen LogP contribution in [-0.2, 0) is 32.5 Å². The van der Waals surface area contributed by atoms with Crippen LogP contribution in [0.1, 0.15) is 150 Å². The predicted octanol–water partition coefficient (Wildman–Crippen LogP) is 30.8. The van der Waals surface area contributed by atoms with Crippen LogP contribution in [0.4, 0.5) is 34.1 Å². The van der Waals surface area contributed by atoms with Gasteiger partial charge < -0.3 is 18.9 Å². The van der Waals surface area contributed by atoms with Gasteiger partial charge in [-0.2, -0.15) is 0 Å². The standard InChI is InChI=1S/C126H99BN4/c1-121(2,3)82-52-62-108-92(70-82)93-71-83(122(4,5)6)53-63-109(93)128(108)86-56-60-106-114(74-86)130(112-48-30-46-104-118(112)96-66-79(76-32-16-13-17-33-76)50-58-102(96)125(104)98-42-26-22-38-88(98)89-39-23-27-43-99(89)125)116-68-81(78-36-20-15-21-37-78)69-117-120(116)127(106)107-61-57-87(129-110-64-54-84(123(7,8)9)72-94(110)95-73-85(124(10,11)12)55-65-111(95)129)75-115(107)131(117)113-49-31-47-105-119(113)97-67-80(77-34-18-14-19-35-77)51-59-103(97)126(105)100-44-28-24-40-90(100)91-41-25-29-45-101(91)126/h13-75H,1-12H3. The van der Waals surface area contributed by atoms with Gasteiger partial charge in [0.2, 0.25) is 0 Å². The van der Waals surface area contributed by atoms with E-state index in [1.807, 2.05) is 0 Å². The third-order valence-corrected chi connectivity index (χ3v) is 30.5. The van der Waals surface area contributed by atoms with E-state index in [4.69, 9.17) is 0 Å². The van der Waals surface area contributed by atoms with Crippen molar-refractivity contribution in [1.82, 2.24) is 9.13 Å². The number of anilines is 6. The van der Waals surface area contributed by atoms with Gasteiger partial charge in [-0.1, -0.05) is 356 Å². The van der Waals surface area contributed by atoms with Gasteiger partial charge in [-0.25, -0.2) is 0 Å². The highest BCUT2D eigenvalue weighted by Crippen LogP contribution is 2.68. The maximum Gasteiger partial charge on any atom is 0.252 e. The Bertz CT molecular complexity index is 7630. The SMILES string of the molecule is CC(C)(C)c1ccc2c(c1)c1cc(C(C)(C)C)ccc1n2-c1ccc2c(c1)N(c1cccc3c1-c1cc(-c4ccccc4)ccc1C31c3ccccc3-c3ccccc31)c1cc(-c3ccccc3)cc3c1B2c1ccc(-n2c4ccc(C(C)(C)C)cc4c4cc(C(C)(C)C)ccc42)cc1N3c1cccc2c1-c1cc(-c3ccccc3)ccc1C21c2ccccc2-c2ccccc21. The molecule has 0 bridgehead atoms. The minimum absolute atomic E-state index is 0.0883. The van der Waals surface area contributed by atoms with Crippen LogP contribution in [0.3, 0.4) is 0 Å². The highest BCUT2D eigenvalue weighted by Gasteiger charge is 2.56. The monoisotopic (exact) mass is 1680 g/mol. The van der Waals surface area contributed by atoms with Crippen LogP contribution in [0, 0.1) is 0 Å². The lowest BCUT2D eigenvalue weighted by atomic mass is 9.33. The van der Waals surface area contributed by atoms with Crippen molar-refractivity contribution in [2.45, 2.75) is 116 Å². The van der Waals surface area contributed by atoms with E-state index in [9.17, 15) is 0 Å². The van der Waals surface area contributed by atoms with Gasteiger partial charge >= 0.3 is 0 Å². The van der Waals surface area contributed by atoms with Crippen molar-refractivity contribution in [1.29, 1.82) is 0 Å². The minimum atomic E-state index is -0.673. The summed E-state index contributed by atoms with van der Waals surface area (Å²) < 4.78 is 5.19. The Morgan fingerprint density at radius 1 is 0.206 bits per heavy atom. The molecule has 0 saturated heterocycles. The first-order chi connectivity index (χ1) is 63.5. The van der Waals surface area contributed by atoms with Gasteiger partial charge in [0.05, 0.1) is 44.3 Å². The van der Waals surface area contributed by atoms with Crippen molar-refractivity contribution in [2.24, 2.45) is 0 Å². The fraction of sp³-hybridized carbons (Fsp3) is 0.143. The minimum Gasteiger partial charge on any atom is -0.311 e. The molecule has 2 aromatic heterocycles. The molecule has 18 aromatic carbocycles. The molecular formula is C126H99BN4. The number of nitrogens with zero attached hydrogens (tertiary/aromatic N) is 4. The van der Waals surface area contributed by atoms with Crippen molar-refractivity contribution in [2.75, 3.05) is 9.80 Å². The molecule has 4 aliphatic carbocycles. The van der Waals surface area contributed by atoms with E-state index in [1.165, 1.54) is 194 Å². The Morgan fingerprint density at radius 3 is 0.832 bits per heavy atom. The first-order valence-corrected chi connectivity index (χ1v) is 46.9. The Balaban J connectivity index is 0.822. The molecule has 0 saturated carbocycles. The van der Waals surface area contributed by atoms with E-state index < -0.39 is 10.8 Å². The molecule has 0 amide bonds. The molecule has 6 aliphatic rings. The summed E-state index contributed by atoms with van der Waals surface area (Å²) in [6.07, 6.45) is 0. The second-order valence-electron chi connectivity index (χ2n) is 41.8. The van der Waals surface area contributed by atoms with Gasteiger partial charge in [-0.15, -0.1) is 0 Å². The fourth-order valence-corrected chi connectivity index (χ4v) is 24.4. The van der Waals surface area contributed by atoms with E-state index in [0.29, 0.717) is 0 Å². The lowest BCUT2D eigenvalue weighted by Gasteiger charge is -2.45. The first-order valence-electron chi connectivity index (χ1n) is 46.9. The summed E-state index contributed by atoms with van der Waals surface area (Å²) in [4.78, 5) is 5.55. The molecule has 0 fully saturated rings. The second-order valence-corrected chi connectivity index (χ2v) is 41.8. The van der Waals surface area contributed by atoms with E-state index >= 15 is 0 Å². The van der Waals surface area contributed by atoms with Crippen LogP contribution in [0.2, 0.25) is 0 Å². The maximum absolute atomic E-state index is 2.78. The van der Waals surface area contributed by atoms with Crippen molar-refractivity contribution in [3.8, 4) is 89.3 Å². The summed E-state index contributed by atoms with van der Waals surface area (Å²) in [5, 5.41) is 5.03. The third kappa shape index (κ3) is 10.8. The highest BCUT2D eigenvalue weighted by molar-refractivity contribution is 7.00. The Morgan fingerprint density at radius 2 is 0.504 bits per heavy atom. The zero-order chi connectivity index (χ0) is 88.4. The topological polar surface area (TPSA) is 16.3 Å². The molecule has 4 heterocycles. The van der Waals surface area contributed by atoms with Crippen LogP contribution in [-0.4, -0.2) is 15.8 Å². The molecule has 2 aliphatic heterocycles. The summed E-state index contributed by atoms with van der Waals surface area (Å²) in [5.74, 6) is 0. The number of benzene rings is 18. The molecule has 131 heavy (non-hydrogen) atoms. The third-order valence-electron chi connectivity index (χ3n) is 30.5. The maximum atomic E-state index is 2.78. The first kappa shape index (κ1) is 77.4. The molecule has 20 aromatic rings. The molecule has 0 atom stereocenters. The van der Waals surface area contributed by atoms with E-state index in [2.05, 4.69) is 484 Å². The summed E-state index contributed by atoms with van der Waals surface area (Å²) in [6, 6.07) is 150. The second kappa shape index (κ2) is 27.4. The van der Waals surface area contributed by atoms with E-state index in [0.717, 1.165) is 56.6 Å². The van der Waals surface area contributed by atoms with Crippen LogP contribution < -0.4 is 26.2 Å². The summed E-state index contributed by atoms with van der Waals surface area (Å²) in [5.41, 5.74) is 48.3. The molecule has 26 rings (SSSR count). The Labute approximate surface area is 768 Å². The fourth-order valence-electron chi connectivity index (χ4n) is 24.4. The highest BCUT2D eigenvalue weighted by atomic mass is 15.2. The molecule has 0 radical (unpaired) electrons. The van der Waals surface area contributed by atoms with Crippen molar-refractivity contribution >= 4 is 101 Å². The average Bonchev–Trinajstić information content (AvgIpc) is 1.65. The largest absolute Gasteiger partial charge is 0.311 e. The summed E-state index contributed by atoms with van der Waals surface area (Å²) in [7, 11) is 0. The van der Waals surface area contributed by atoms with Crippen LogP contribution >= 0.6 is 0 Å². The number of fused-ring (bicyclic) bond motifs is 30. The molecule has 2 spiro atoms. The van der Waals surface area contributed by atoms with Gasteiger partial charge in [0, 0.05) is 66.8 Å². The van der Waals surface area contributed by atoms with Crippen molar-refractivity contribution in [3.05, 3.63) is 449 Å². The van der Waals surface area contributed by atoms with Crippen LogP contribution in [0.15, 0.2) is 382 Å². The van der Waals surface area contributed by atoms with Gasteiger partial charge in [0.15, 0.2) is 0 Å². The van der Waals surface area contributed by atoms with Gasteiger partial charge in [-0.3, -0.25) is 0 Å². The lowest BCUT2D eigenvalue weighted by molar-refractivity contribution is 0.590. The van der Waals surface area contributed by atoms with Gasteiger partial charge in [0.25, 0.3) is 6.71 Å². The molecule has 5 heteroatoms. The van der Waals surface area contributed by atoms with E-state index in [1.54, 1.807) is 0 Å². The zero-order valence-electron chi connectivity index (χ0n) is 76.2. The van der Waals surface area contributed by atoms with Gasteiger partial charge in [-0.05, 0) is 281 Å². The zero-order valence-corrected chi connectivity index (χ0v) is 76.2. The number of hydrogen-bond donors (Lipinski definition) is 0. The smallest absolute Gasteiger partial charge is 0.252 e. The predicted molar refractivity (Wildman–Crippen MR) is 553 cm³/mol. The number of hydrogen-bond acceptors (Lipinski definition) is 2. The normalized spacial score (nSPS) is 14.3. The molecule has 0 unspecified atom stereocenters. The van der Waals surface area contributed by atoms with Crippen molar-refractivity contribution < 1.29 is 0 Å². The molecular weight excluding hydrogens is 1580 g/mol. The van der Waals surface area contributed by atoms with Crippen LogP contribution in [0.5, 0.6) is 0 Å².